The van der Waals surface area contributed by atoms with Gasteiger partial charge in [0.15, 0.2) is 5.96 Å². The van der Waals surface area contributed by atoms with Crippen molar-refractivity contribution in [1.82, 2.24) is 15.5 Å². The van der Waals surface area contributed by atoms with Gasteiger partial charge in [-0.05, 0) is 54.2 Å². The zero-order chi connectivity index (χ0) is 30.6. The highest BCUT2D eigenvalue weighted by Crippen LogP contribution is 2.27. The van der Waals surface area contributed by atoms with Crippen LogP contribution in [0.25, 0.3) is 6.08 Å². The van der Waals surface area contributed by atoms with Gasteiger partial charge in [0.1, 0.15) is 0 Å². The molecule has 1 fully saturated rings. The summed E-state index contributed by atoms with van der Waals surface area (Å²) in [5, 5.41) is 7.46. The Morgan fingerprint density at radius 2 is 1.72 bits per heavy atom. The summed E-state index contributed by atoms with van der Waals surface area (Å²) in [6.45, 7) is 1.90. The topological polar surface area (TPSA) is 126 Å². The number of hydrogen-bond acceptors (Lipinski definition) is 4. The Kier molecular flexibility index (Phi) is 12.0. The third kappa shape index (κ3) is 9.85. The lowest BCUT2D eigenvalue weighted by Crippen LogP contribution is -2.49. The van der Waals surface area contributed by atoms with Gasteiger partial charge in [-0.2, -0.15) is 0 Å². The van der Waals surface area contributed by atoms with E-state index in [1.54, 1.807) is 24.3 Å². The van der Waals surface area contributed by atoms with Crippen LogP contribution in [0.1, 0.15) is 41.9 Å². The van der Waals surface area contributed by atoms with E-state index < -0.39 is 6.04 Å². The number of nitrogens with zero attached hydrogens (tertiary/aromatic N) is 2. The summed E-state index contributed by atoms with van der Waals surface area (Å²) in [6, 6.07) is 25.1. The Hall–Kier alpha value is -3.85. The number of nitrogens with one attached hydrogen (secondary N) is 2. The molecule has 0 spiro atoms. The average Bonchev–Trinajstić information content (AvgIpc) is 3.15. The van der Waals surface area contributed by atoms with E-state index in [4.69, 9.17) is 34.7 Å². The molecular formula is C33H38Cl2N6O2. The molecule has 0 bridgehead atoms. The van der Waals surface area contributed by atoms with E-state index >= 15 is 0 Å². The molecule has 43 heavy (non-hydrogen) atoms. The minimum atomic E-state index is -0.436. The first-order chi connectivity index (χ1) is 20.8. The van der Waals surface area contributed by atoms with Crippen molar-refractivity contribution in [3.05, 3.63) is 112 Å². The van der Waals surface area contributed by atoms with Gasteiger partial charge in [-0.3, -0.25) is 14.6 Å². The molecule has 226 valence electrons. The van der Waals surface area contributed by atoms with Gasteiger partial charge < -0.3 is 27.0 Å². The number of carbonyl (C=O) groups is 2. The van der Waals surface area contributed by atoms with E-state index in [1.807, 2.05) is 41.3 Å². The summed E-state index contributed by atoms with van der Waals surface area (Å²) in [7, 11) is 0. The van der Waals surface area contributed by atoms with Crippen molar-refractivity contribution in [2.24, 2.45) is 16.5 Å². The van der Waals surface area contributed by atoms with Crippen molar-refractivity contribution in [1.29, 1.82) is 0 Å². The molecule has 1 aliphatic heterocycles. The lowest BCUT2D eigenvalue weighted by molar-refractivity contribution is -0.133. The molecule has 2 atom stereocenters. The van der Waals surface area contributed by atoms with Crippen LogP contribution in [0.15, 0.2) is 89.9 Å². The highest BCUT2D eigenvalue weighted by molar-refractivity contribution is 6.35. The first-order valence-electron chi connectivity index (χ1n) is 14.4. The monoisotopic (exact) mass is 620 g/mol. The molecule has 4 rings (SSSR count). The van der Waals surface area contributed by atoms with Crippen LogP contribution in [0, 0.1) is 0 Å². The first-order valence-corrected chi connectivity index (χ1v) is 15.2. The SMILES string of the molecule is NC(N)=NCCC[C@@H]1N[C@H](CNC(=O)C=Cc2ccc(Cl)cc2Cl)CCN(CC(c2ccccc2)c2ccccc2)C1=O. The predicted molar refractivity (Wildman–Crippen MR) is 175 cm³/mol. The molecule has 10 heteroatoms. The van der Waals surface area contributed by atoms with Gasteiger partial charge in [0.05, 0.1) is 6.04 Å². The van der Waals surface area contributed by atoms with Gasteiger partial charge in [0.25, 0.3) is 0 Å². The second-order valence-corrected chi connectivity index (χ2v) is 11.4. The zero-order valence-corrected chi connectivity index (χ0v) is 25.5. The van der Waals surface area contributed by atoms with E-state index in [1.165, 1.54) is 6.08 Å². The van der Waals surface area contributed by atoms with Crippen LogP contribution >= 0.6 is 23.2 Å². The molecule has 1 saturated heterocycles. The predicted octanol–water partition coefficient (Wildman–Crippen LogP) is 4.57. The quantitative estimate of drug-likeness (QED) is 0.102. The maximum Gasteiger partial charge on any atom is 0.244 e. The van der Waals surface area contributed by atoms with Gasteiger partial charge in [-0.25, -0.2) is 0 Å². The van der Waals surface area contributed by atoms with Crippen molar-refractivity contribution >= 4 is 47.1 Å². The molecule has 0 radical (unpaired) electrons. The second-order valence-electron chi connectivity index (χ2n) is 10.6. The number of aliphatic imine (C=N–C) groups is 1. The standard InChI is InChI=1S/C33H38Cl2N6O2/c34-26-15-13-25(29(35)20-26)14-16-31(42)39-21-27-17-19-41(32(43)30(40-27)12-7-18-38-33(36)37)22-28(23-8-3-1-4-9-23)24-10-5-2-6-11-24/h1-6,8-11,13-16,20,27-28,30,40H,7,12,17-19,21-22H2,(H,39,42)(H4,36,37,38)/t27-,30-/m0/s1. The molecule has 3 aromatic rings. The van der Waals surface area contributed by atoms with Gasteiger partial charge in [-0.1, -0.05) is 89.9 Å². The summed E-state index contributed by atoms with van der Waals surface area (Å²) >= 11 is 12.2. The smallest absolute Gasteiger partial charge is 0.244 e. The first kappa shape index (κ1) is 32.1. The number of amides is 2. The normalized spacial score (nSPS) is 17.2. The Balaban J connectivity index is 1.47. The largest absolute Gasteiger partial charge is 0.370 e. The van der Waals surface area contributed by atoms with Gasteiger partial charge in [0, 0.05) is 54.3 Å². The molecule has 2 amide bonds. The van der Waals surface area contributed by atoms with Crippen LogP contribution in [0.4, 0.5) is 0 Å². The number of hydrogen-bond donors (Lipinski definition) is 4. The molecule has 1 heterocycles. The number of carbonyl (C=O) groups excluding carboxylic acids is 2. The molecule has 0 aliphatic carbocycles. The molecule has 3 aromatic carbocycles. The highest BCUT2D eigenvalue weighted by Gasteiger charge is 2.32. The summed E-state index contributed by atoms with van der Waals surface area (Å²) in [4.78, 5) is 32.6. The summed E-state index contributed by atoms with van der Waals surface area (Å²) in [6.07, 6.45) is 4.98. The minimum absolute atomic E-state index is 0.0229. The number of guanidine groups is 1. The Labute approximate surface area is 263 Å². The van der Waals surface area contributed by atoms with Crippen molar-refractivity contribution in [3.8, 4) is 0 Å². The molecule has 0 unspecified atom stereocenters. The van der Waals surface area contributed by atoms with E-state index in [0.717, 1.165) is 11.1 Å². The van der Waals surface area contributed by atoms with E-state index in [9.17, 15) is 9.59 Å². The van der Waals surface area contributed by atoms with Crippen LogP contribution in [0.2, 0.25) is 10.0 Å². The summed E-state index contributed by atoms with van der Waals surface area (Å²) in [5.74, 6) is -0.163. The van der Waals surface area contributed by atoms with Crippen LogP contribution in [-0.4, -0.2) is 60.9 Å². The van der Waals surface area contributed by atoms with Gasteiger partial charge in [-0.15, -0.1) is 0 Å². The number of nitrogens with two attached hydrogens (primary N) is 2. The van der Waals surface area contributed by atoms with Gasteiger partial charge >= 0.3 is 0 Å². The van der Waals surface area contributed by atoms with Crippen LogP contribution < -0.4 is 22.1 Å². The number of benzene rings is 3. The molecule has 8 nitrogen and oxygen atoms in total. The molecular weight excluding hydrogens is 583 g/mol. The molecule has 0 saturated carbocycles. The van der Waals surface area contributed by atoms with Crippen molar-refractivity contribution in [2.75, 3.05) is 26.2 Å². The fraction of sp³-hybridized carbons (Fsp3) is 0.303. The second kappa shape index (κ2) is 16.1. The number of rotatable bonds is 12. The minimum Gasteiger partial charge on any atom is -0.370 e. The molecule has 1 aliphatic rings. The van der Waals surface area contributed by atoms with Gasteiger partial charge in [0.2, 0.25) is 11.8 Å². The highest BCUT2D eigenvalue weighted by atomic mass is 35.5. The van der Waals surface area contributed by atoms with Crippen molar-refractivity contribution in [3.63, 3.8) is 0 Å². The fourth-order valence-corrected chi connectivity index (χ4v) is 5.68. The molecule has 6 N–H and O–H groups in total. The van der Waals surface area contributed by atoms with Crippen molar-refractivity contribution in [2.45, 2.75) is 37.3 Å². The van der Waals surface area contributed by atoms with Crippen molar-refractivity contribution < 1.29 is 9.59 Å². The van der Waals surface area contributed by atoms with E-state index in [2.05, 4.69) is 39.9 Å². The molecule has 0 aromatic heterocycles. The Bertz CT molecular complexity index is 1370. The lowest BCUT2D eigenvalue weighted by atomic mass is 9.90. The van der Waals surface area contributed by atoms with E-state index in [0.29, 0.717) is 61.1 Å². The average molecular weight is 622 g/mol. The maximum absolute atomic E-state index is 13.9. The third-order valence-corrected chi connectivity index (χ3v) is 8.01. The lowest BCUT2D eigenvalue weighted by Gasteiger charge is -2.29. The zero-order valence-electron chi connectivity index (χ0n) is 24.0. The Morgan fingerprint density at radius 1 is 1.05 bits per heavy atom. The van der Waals surface area contributed by atoms with E-state index in [-0.39, 0.29) is 29.7 Å². The van der Waals surface area contributed by atoms with Crippen LogP contribution in [-0.2, 0) is 9.59 Å². The number of halogens is 2. The fourth-order valence-electron chi connectivity index (χ4n) is 5.21. The Morgan fingerprint density at radius 3 is 2.35 bits per heavy atom. The maximum atomic E-state index is 13.9. The summed E-state index contributed by atoms with van der Waals surface area (Å²) < 4.78 is 0. The van der Waals surface area contributed by atoms with Crippen LogP contribution in [0.5, 0.6) is 0 Å². The summed E-state index contributed by atoms with van der Waals surface area (Å²) in [5.41, 5.74) is 14.0. The van der Waals surface area contributed by atoms with Crippen LogP contribution in [0.3, 0.4) is 0 Å². The third-order valence-electron chi connectivity index (χ3n) is 7.45.